The van der Waals surface area contributed by atoms with Crippen molar-refractivity contribution in [2.45, 2.75) is 0 Å². The van der Waals surface area contributed by atoms with E-state index in [0.29, 0.717) is 94.4 Å². The summed E-state index contributed by atoms with van der Waals surface area (Å²) in [6, 6.07) is 48.9. The first-order valence-electron chi connectivity index (χ1n) is 36.7. The number of carbonyl (C=O) groups is 1. The first kappa shape index (κ1) is 98.1. The second kappa shape index (κ2) is 48.7. The highest BCUT2D eigenvalue weighted by atomic mass is 127. The number of halogens is 3. The average Bonchev–Trinajstić information content (AvgIpc) is 1.69. The number of alkyl halides is 2. The molecular formula is C87H69Cl2IN16O18S5. The third kappa shape index (κ3) is 28.1. The Hall–Kier alpha value is -14.7. The van der Waals surface area contributed by atoms with Gasteiger partial charge in [0.05, 0.1) is 85.0 Å². The van der Waals surface area contributed by atoms with E-state index in [-0.39, 0.29) is 58.8 Å². The molecule has 0 unspecified atom stereocenters. The van der Waals surface area contributed by atoms with Crippen LogP contribution in [0.5, 0.6) is 28.9 Å². The molecule has 5 N–H and O–H groups in total. The molecule has 42 heteroatoms. The lowest BCUT2D eigenvalue weighted by molar-refractivity contribution is -0.384. The highest BCUT2D eigenvalue weighted by Crippen LogP contribution is 2.35. The van der Waals surface area contributed by atoms with Gasteiger partial charge in [-0.3, -0.25) is 55.4 Å². The lowest BCUT2D eigenvalue weighted by Crippen LogP contribution is -2.15. The van der Waals surface area contributed by atoms with Gasteiger partial charge in [-0.1, -0.05) is 40.9 Å². The van der Waals surface area contributed by atoms with Crippen molar-refractivity contribution in [1.29, 1.82) is 0 Å². The maximum atomic E-state index is 11.3. The summed E-state index contributed by atoms with van der Waals surface area (Å²) in [5.74, 6) is 28.6. The zero-order chi connectivity index (χ0) is 93.2. The van der Waals surface area contributed by atoms with Crippen molar-refractivity contribution < 1.29 is 62.9 Å². The summed E-state index contributed by atoms with van der Waals surface area (Å²) in [5, 5.41) is 78.2. The van der Waals surface area contributed by atoms with Crippen molar-refractivity contribution in [3.63, 3.8) is 0 Å². The van der Waals surface area contributed by atoms with Crippen LogP contribution in [0.3, 0.4) is 0 Å². The third-order valence-electron chi connectivity index (χ3n) is 16.8. The maximum Gasteiger partial charge on any atom is 0.294 e. The van der Waals surface area contributed by atoms with E-state index in [1.54, 1.807) is 153 Å². The summed E-state index contributed by atoms with van der Waals surface area (Å²) in [7, 11) is 14.3. The fourth-order valence-electron chi connectivity index (χ4n) is 10.8. The number of ether oxygens (including phenoxy) is 6. The number of hydrogen-bond donors (Lipinski definition) is 5. The van der Waals surface area contributed by atoms with Gasteiger partial charge in [0, 0.05) is 114 Å². The molecule has 656 valence electrons. The van der Waals surface area contributed by atoms with E-state index in [1.807, 2.05) is 54.6 Å². The lowest BCUT2D eigenvalue weighted by Gasteiger charge is -2.10. The number of anilines is 5. The SMILES string of the molecule is C#Cc1ccc(NC)c([N+](=O)[O-])c1.CNc1ccc(C#Cc2nc3ccc(O)cc3s2)cc1[N+](=O)[O-].CNc1ccc(C#Cc2nc3ccc(OC)nc3s2)cc1[N+](=O)[O-].CNc1ccc(C#Cc2nc3ccc(OCOC)cc3s2)cc1[N+](=O)[O-].COCOc1ccc2nc(C#Cc3ccc(N(C)C=O)c([N+](=O)[O-])c3)sc2c1.COc1ccc2nc(I)sc2c1.ClCCl. The molecule has 9 aromatic carbocycles. The molecule has 6 heterocycles. The maximum absolute atomic E-state index is 11.3. The van der Waals surface area contributed by atoms with Gasteiger partial charge in [0.2, 0.25) is 12.3 Å². The predicted octanol–water partition coefficient (Wildman–Crippen LogP) is 19.2. The Labute approximate surface area is 778 Å². The minimum absolute atomic E-state index is 0.00190. The number of pyridine rings is 1. The predicted molar refractivity (Wildman–Crippen MR) is 515 cm³/mol. The molecule has 6 aromatic heterocycles. The van der Waals surface area contributed by atoms with E-state index in [1.165, 1.54) is 93.5 Å². The molecular weight excluding hydrogens is 1920 g/mol. The number of nitro groups is 5. The van der Waals surface area contributed by atoms with Gasteiger partial charge in [-0.2, -0.15) is 0 Å². The van der Waals surface area contributed by atoms with Gasteiger partial charge in [-0.25, -0.2) is 29.9 Å². The Morgan fingerprint density at radius 1 is 0.426 bits per heavy atom. The number of benzene rings is 9. The second-order valence-electron chi connectivity index (χ2n) is 24.9. The first-order chi connectivity index (χ1) is 62.2. The van der Waals surface area contributed by atoms with Crippen LogP contribution in [0.2, 0.25) is 0 Å². The monoisotopic (exact) mass is 1980 g/mol. The summed E-state index contributed by atoms with van der Waals surface area (Å²) in [5.41, 5.74) is 8.51. The van der Waals surface area contributed by atoms with Gasteiger partial charge in [0.25, 0.3) is 28.4 Å². The highest BCUT2D eigenvalue weighted by molar-refractivity contribution is 14.1. The molecule has 1 amide bonds. The van der Waals surface area contributed by atoms with E-state index in [0.717, 1.165) is 60.2 Å². The summed E-state index contributed by atoms with van der Waals surface area (Å²) < 4.78 is 35.7. The summed E-state index contributed by atoms with van der Waals surface area (Å²) in [6.45, 7) is 0.337. The van der Waals surface area contributed by atoms with Gasteiger partial charge in [0.1, 0.15) is 61.8 Å². The number of rotatable bonds is 19. The van der Waals surface area contributed by atoms with Crippen LogP contribution in [0.1, 0.15) is 47.8 Å². The molecule has 15 rings (SSSR count). The Balaban J connectivity index is 0.000000177. The molecule has 0 aliphatic rings. The summed E-state index contributed by atoms with van der Waals surface area (Å²) >= 11 is 19.0. The number of thiazole rings is 5. The number of phenols is 1. The standard InChI is InChI=1S/C19H15N3O5S.C18H15N3O4S.C16H12N4O3S.C16H11N3O3S.C9H8N2O2.C8H6INOS.CH2Cl2/c1-21(11-23)16-7-3-13(9-17(16)22(24)25)4-8-19-20-15-6-5-14(27-12-26-2)10-18(15)28-19;1-19-14-6-3-12(9-16(14)21(22)23)4-8-18-20-15-7-5-13(25-11-24-2)10-17(15)26-18;1-17-11-5-3-10(9-13(11)20(21)22)4-8-15-18-12-6-7-14(23-2)19-16(12)24-15;1-17-12-5-2-10(8-14(12)19(21)22)3-7-16-18-13-6-4-11(20)9-15(13)23-16;1-3-7-4-5-8(10-2)9(6-7)11(12)13;1-11-5-2-3-6-7(4-5)12-8(9)10-6;2-1-3/h3,5-7,9-11H,12H2,1-2H3;3,5-7,9-10,19H,11H2,1-2H3;3,5-7,9,17H,1-2H3;2,4-6,8-9,17,20H,1H3;1,4-6,10H,2H3;2-4H,1H3;1H2. The molecule has 129 heavy (non-hydrogen) atoms. The first-order valence-corrected chi connectivity index (χ1v) is 43.0. The smallest absolute Gasteiger partial charge is 0.294 e. The number of fused-ring (bicyclic) bond motifs is 5. The number of nitro benzene ring substituents is 5. The summed E-state index contributed by atoms with van der Waals surface area (Å²) in [4.78, 5) is 91.7. The number of methoxy groups -OCH3 is 4. The number of carbonyl (C=O) groups excluding carboxylic acids is 1. The third-order valence-corrected chi connectivity index (χ3v) is 22.2. The quantitative estimate of drug-likeness (QED) is 0.00954. The van der Waals surface area contributed by atoms with Crippen molar-refractivity contribution in [3.05, 3.63) is 277 Å². The fraction of sp³-hybridized carbons (Fsp3) is 0.138. The topological polar surface area (TPSA) is 437 Å². The van der Waals surface area contributed by atoms with Gasteiger partial charge in [-0.15, -0.1) is 75.0 Å². The molecule has 0 aliphatic carbocycles. The molecule has 34 nitrogen and oxygen atoms in total. The van der Waals surface area contributed by atoms with E-state index < -0.39 is 24.6 Å². The number of aromatic nitrogens is 6. The zero-order valence-electron chi connectivity index (χ0n) is 68.9. The minimum Gasteiger partial charge on any atom is -0.508 e. The normalized spacial score (nSPS) is 9.98. The molecule has 0 radical (unpaired) electrons. The molecule has 0 aliphatic heterocycles. The number of aromatic hydroxyl groups is 1. The number of nitrogens with zero attached hydrogens (tertiary/aromatic N) is 12. The van der Waals surface area contributed by atoms with Crippen molar-refractivity contribution in [3.8, 4) is 88.6 Å². The molecule has 0 saturated carbocycles. The van der Waals surface area contributed by atoms with E-state index in [4.69, 9.17) is 58.0 Å². The van der Waals surface area contributed by atoms with Crippen LogP contribution in [-0.2, 0) is 14.3 Å². The van der Waals surface area contributed by atoms with Crippen LogP contribution < -0.4 is 45.1 Å². The molecule has 0 saturated heterocycles. The molecule has 15 aromatic rings. The number of amides is 1. The molecule has 0 bridgehead atoms. The van der Waals surface area contributed by atoms with Crippen molar-refractivity contribution >= 4 is 217 Å². The van der Waals surface area contributed by atoms with Crippen molar-refractivity contribution in [2.75, 3.05) is 109 Å². The van der Waals surface area contributed by atoms with E-state index in [2.05, 4.69) is 127 Å². The van der Waals surface area contributed by atoms with Crippen LogP contribution in [0, 0.1) is 113 Å². The van der Waals surface area contributed by atoms with Crippen LogP contribution in [0.25, 0.3) is 51.2 Å². The van der Waals surface area contributed by atoms with E-state index >= 15 is 0 Å². The van der Waals surface area contributed by atoms with Crippen LogP contribution in [0.4, 0.5) is 56.9 Å². The average molecular weight is 1980 g/mol. The van der Waals surface area contributed by atoms with Gasteiger partial charge in [-0.05, 0) is 186 Å². The Kier molecular flexibility index (Phi) is 37.0. The van der Waals surface area contributed by atoms with Gasteiger partial charge >= 0.3 is 0 Å². The van der Waals surface area contributed by atoms with Gasteiger partial charge in [0.15, 0.2) is 36.6 Å². The Bertz CT molecular complexity index is 6960. The lowest BCUT2D eigenvalue weighted by atomic mass is 10.1. The van der Waals surface area contributed by atoms with Crippen LogP contribution >= 0.6 is 102 Å². The van der Waals surface area contributed by atoms with Crippen LogP contribution in [0.15, 0.2) is 176 Å². The summed E-state index contributed by atoms with van der Waals surface area (Å²) in [6.07, 6.45) is 5.63. The van der Waals surface area contributed by atoms with Crippen molar-refractivity contribution in [1.82, 2.24) is 29.9 Å². The van der Waals surface area contributed by atoms with Crippen LogP contribution in [-0.4, -0.2) is 149 Å². The second-order valence-corrected chi connectivity index (χ2v) is 32.6. The number of phenolic OH excluding ortho intramolecular Hbond substituents is 1. The van der Waals surface area contributed by atoms with Gasteiger partial charge < -0.3 is 59.7 Å². The molecule has 0 fully saturated rings. The Morgan fingerprint density at radius 2 is 0.767 bits per heavy atom. The molecule has 0 atom stereocenters. The minimum atomic E-state index is -0.542. The Morgan fingerprint density at radius 3 is 1.16 bits per heavy atom. The zero-order valence-corrected chi connectivity index (χ0v) is 76.7. The number of hydrogen-bond acceptors (Lipinski definition) is 33. The van der Waals surface area contributed by atoms with E-state index in [9.17, 15) is 60.5 Å². The largest absolute Gasteiger partial charge is 0.508 e. The molecule has 0 spiro atoms. The number of terminal acetylenes is 1. The number of nitrogens with one attached hydrogen (secondary N) is 4. The highest BCUT2D eigenvalue weighted by Gasteiger charge is 2.20. The van der Waals surface area contributed by atoms with Crippen molar-refractivity contribution in [2.24, 2.45) is 0 Å². The fourth-order valence-corrected chi connectivity index (χ4v) is 15.8.